The van der Waals surface area contributed by atoms with Gasteiger partial charge >= 0.3 is 0 Å². The summed E-state index contributed by atoms with van der Waals surface area (Å²) in [5.74, 6) is -0.0270. The molecule has 0 aromatic rings. The predicted molar refractivity (Wildman–Crippen MR) is 66.5 cm³/mol. The monoisotopic (exact) mass is 241 g/mol. The van der Waals surface area contributed by atoms with Crippen LogP contribution in [0.1, 0.15) is 27.2 Å². The van der Waals surface area contributed by atoms with Gasteiger partial charge in [0.1, 0.15) is 0 Å². The third-order valence-corrected chi connectivity index (χ3v) is 2.68. The second-order valence-corrected chi connectivity index (χ2v) is 5.68. The number of nitrogens with zero attached hydrogens (tertiary/aromatic N) is 1. The average Bonchev–Trinajstić information content (AvgIpc) is 2.65. The molecule has 0 aliphatic carbocycles. The van der Waals surface area contributed by atoms with Crippen LogP contribution in [0.2, 0.25) is 0 Å². The Balaban J connectivity index is 2.40. The Kier molecular flexibility index (Phi) is 4.51. The number of carbonyl (C=O) groups is 2. The van der Waals surface area contributed by atoms with E-state index in [1.54, 1.807) is 7.05 Å². The molecule has 1 atom stereocenters. The summed E-state index contributed by atoms with van der Waals surface area (Å²) in [4.78, 5) is 25.1. The first-order valence-corrected chi connectivity index (χ1v) is 6.06. The third kappa shape index (κ3) is 4.73. The normalized spacial score (nSPS) is 20.1. The molecule has 0 bridgehead atoms. The fraction of sp³-hybridized carbons (Fsp3) is 0.833. The SMILES string of the molecule is CN(CC(=O)NC(C)(C)C)C(=O)C1CCNC1. The van der Waals surface area contributed by atoms with Gasteiger partial charge in [-0.05, 0) is 33.7 Å². The van der Waals surface area contributed by atoms with Crippen LogP contribution in [0.15, 0.2) is 0 Å². The van der Waals surface area contributed by atoms with Gasteiger partial charge in [0.25, 0.3) is 0 Å². The molecular weight excluding hydrogens is 218 g/mol. The second kappa shape index (κ2) is 5.49. The lowest BCUT2D eigenvalue weighted by atomic mass is 10.1. The van der Waals surface area contributed by atoms with Crippen molar-refractivity contribution in [3.63, 3.8) is 0 Å². The van der Waals surface area contributed by atoms with Crippen molar-refractivity contribution in [3.05, 3.63) is 0 Å². The molecule has 0 aromatic carbocycles. The van der Waals surface area contributed by atoms with E-state index in [0.717, 1.165) is 19.5 Å². The summed E-state index contributed by atoms with van der Waals surface area (Å²) >= 11 is 0. The van der Waals surface area contributed by atoms with Gasteiger partial charge < -0.3 is 15.5 Å². The maximum absolute atomic E-state index is 12.0. The number of amides is 2. The molecule has 1 aliphatic heterocycles. The van der Waals surface area contributed by atoms with Crippen molar-refractivity contribution >= 4 is 11.8 Å². The molecule has 2 amide bonds. The molecule has 0 radical (unpaired) electrons. The molecular formula is C12H23N3O2. The Morgan fingerprint density at radius 3 is 2.53 bits per heavy atom. The Labute approximate surface area is 103 Å². The highest BCUT2D eigenvalue weighted by molar-refractivity contribution is 5.86. The van der Waals surface area contributed by atoms with Crippen molar-refractivity contribution in [2.24, 2.45) is 5.92 Å². The van der Waals surface area contributed by atoms with Gasteiger partial charge in [0.2, 0.25) is 11.8 Å². The van der Waals surface area contributed by atoms with Gasteiger partial charge in [-0.3, -0.25) is 9.59 Å². The number of hydrogen-bond acceptors (Lipinski definition) is 3. The number of nitrogens with one attached hydrogen (secondary N) is 2. The molecule has 1 aliphatic rings. The topological polar surface area (TPSA) is 61.4 Å². The van der Waals surface area contributed by atoms with Crippen LogP contribution < -0.4 is 10.6 Å². The van der Waals surface area contributed by atoms with E-state index in [9.17, 15) is 9.59 Å². The van der Waals surface area contributed by atoms with Gasteiger partial charge in [-0.2, -0.15) is 0 Å². The lowest BCUT2D eigenvalue weighted by Gasteiger charge is -2.24. The average molecular weight is 241 g/mol. The lowest BCUT2D eigenvalue weighted by Crippen LogP contribution is -2.47. The fourth-order valence-electron chi connectivity index (χ4n) is 1.93. The van der Waals surface area contributed by atoms with Crippen LogP contribution in [0, 0.1) is 5.92 Å². The minimum absolute atomic E-state index is 0.0300. The highest BCUT2D eigenvalue weighted by Gasteiger charge is 2.26. The van der Waals surface area contributed by atoms with Crippen LogP contribution in [0.3, 0.4) is 0 Å². The van der Waals surface area contributed by atoms with Crippen molar-refractivity contribution in [1.82, 2.24) is 15.5 Å². The summed E-state index contributed by atoms with van der Waals surface area (Å²) in [7, 11) is 1.68. The van der Waals surface area contributed by atoms with Crippen LogP contribution in [0.25, 0.3) is 0 Å². The molecule has 5 heteroatoms. The molecule has 1 rings (SSSR count). The maximum atomic E-state index is 12.0. The molecule has 17 heavy (non-hydrogen) atoms. The zero-order valence-electron chi connectivity index (χ0n) is 11.2. The van der Waals surface area contributed by atoms with Gasteiger partial charge in [-0.25, -0.2) is 0 Å². The van der Waals surface area contributed by atoms with Gasteiger partial charge in [-0.15, -0.1) is 0 Å². The molecule has 5 nitrogen and oxygen atoms in total. The van der Waals surface area contributed by atoms with Crippen molar-refractivity contribution < 1.29 is 9.59 Å². The highest BCUT2D eigenvalue weighted by atomic mass is 16.2. The van der Waals surface area contributed by atoms with E-state index in [1.165, 1.54) is 4.90 Å². The summed E-state index contributed by atoms with van der Waals surface area (Å²) < 4.78 is 0. The van der Waals surface area contributed by atoms with Gasteiger partial charge in [0.05, 0.1) is 12.5 Å². The first kappa shape index (κ1) is 14.0. The summed E-state index contributed by atoms with van der Waals surface area (Å²) in [6.07, 6.45) is 0.865. The molecule has 2 N–H and O–H groups in total. The summed E-state index contributed by atoms with van der Waals surface area (Å²) in [5.41, 5.74) is -0.254. The molecule has 1 saturated heterocycles. The second-order valence-electron chi connectivity index (χ2n) is 5.68. The van der Waals surface area contributed by atoms with Crippen molar-refractivity contribution in [1.29, 1.82) is 0 Å². The molecule has 98 valence electrons. The zero-order valence-corrected chi connectivity index (χ0v) is 11.2. The lowest BCUT2D eigenvalue weighted by molar-refractivity contribution is -0.137. The minimum Gasteiger partial charge on any atom is -0.350 e. The summed E-state index contributed by atoms with van der Waals surface area (Å²) in [6, 6.07) is 0. The van der Waals surface area contributed by atoms with Crippen LogP contribution in [0.4, 0.5) is 0 Å². The van der Waals surface area contributed by atoms with E-state index < -0.39 is 0 Å². The fourth-order valence-corrected chi connectivity index (χ4v) is 1.93. The quantitative estimate of drug-likeness (QED) is 0.729. The Bertz CT molecular complexity index is 291. The first-order valence-electron chi connectivity index (χ1n) is 6.06. The van der Waals surface area contributed by atoms with Crippen molar-refractivity contribution in [2.45, 2.75) is 32.7 Å². The maximum Gasteiger partial charge on any atom is 0.240 e. The largest absolute Gasteiger partial charge is 0.350 e. The minimum atomic E-state index is -0.254. The van der Waals surface area contributed by atoms with Crippen LogP contribution in [-0.4, -0.2) is 48.9 Å². The molecule has 1 unspecified atom stereocenters. The molecule has 0 saturated carbocycles. The van der Waals surface area contributed by atoms with E-state index in [0.29, 0.717) is 0 Å². The molecule has 1 heterocycles. The van der Waals surface area contributed by atoms with E-state index in [-0.39, 0.29) is 29.8 Å². The molecule has 1 fully saturated rings. The van der Waals surface area contributed by atoms with Crippen LogP contribution >= 0.6 is 0 Å². The molecule has 0 aromatic heterocycles. The van der Waals surface area contributed by atoms with E-state index in [4.69, 9.17) is 0 Å². The van der Waals surface area contributed by atoms with E-state index in [1.807, 2.05) is 20.8 Å². The Morgan fingerprint density at radius 2 is 2.06 bits per heavy atom. The van der Waals surface area contributed by atoms with Crippen LogP contribution in [-0.2, 0) is 9.59 Å². The van der Waals surface area contributed by atoms with Crippen molar-refractivity contribution in [3.8, 4) is 0 Å². The van der Waals surface area contributed by atoms with E-state index >= 15 is 0 Å². The standard InChI is InChI=1S/C12H23N3O2/c1-12(2,3)14-10(16)8-15(4)11(17)9-5-6-13-7-9/h9,13H,5-8H2,1-4H3,(H,14,16). The predicted octanol–water partition coefficient (Wildman–Crippen LogP) is -0.0310. The van der Waals surface area contributed by atoms with Crippen molar-refractivity contribution in [2.75, 3.05) is 26.7 Å². The third-order valence-electron chi connectivity index (χ3n) is 2.68. The van der Waals surface area contributed by atoms with Gasteiger partial charge in [0, 0.05) is 19.1 Å². The number of hydrogen-bond donors (Lipinski definition) is 2. The molecule has 0 spiro atoms. The Morgan fingerprint density at radius 1 is 1.41 bits per heavy atom. The Hall–Kier alpha value is -1.10. The number of carbonyl (C=O) groups excluding carboxylic acids is 2. The van der Waals surface area contributed by atoms with E-state index in [2.05, 4.69) is 10.6 Å². The summed E-state index contributed by atoms with van der Waals surface area (Å²) in [6.45, 7) is 7.52. The first-order chi connectivity index (χ1) is 7.79. The van der Waals surface area contributed by atoms with Crippen LogP contribution in [0.5, 0.6) is 0 Å². The van der Waals surface area contributed by atoms with Gasteiger partial charge in [-0.1, -0.05) is 0 Å². The summed E-state index contributed by atoms with van der Waals surface area (Å²) in [5, 5.41) is 6.00. The number of rotatable bonds is 3. The zero-order chi connectivity index (χ0) is 13.1. The highest BCUT2D eigenvalue weighted by Crippen LogP contribution is 2.10. The smallest absolute Gasteiger partial charge is 0.240 e. The van der Waals surface area contributed by atoms with Gasteiger partial charge in [0.15, 0.2) is 0 Å². The number of likely N-dealkylation sites (N-methyl/N-ethyl adjacent to an activating group) is 1.